The lowest BCUT2D eigenvalue weighted by Gasteiger charge is -2.08. The quantitative estimate of drug-likeness (QED) is 0.451. The van der Waals surface area contributed by atoms with Crippen LogP contribution >= 0.6 is 0 Å². The molecule has 0 aliphatic carbocycles. The second-order valence-electron chi connectivity index (χ2n) is 2.74. The fraction of sp³-hybridized carbons (Fsp3) is 0.125. The van der Waals surface area contributed by atoms with Gasteiger partial charge < -0.3 is 20.3 Å². The highest BCUT2D eigenvalue weighted by atomic mass is 16.7. The van der Waals surface area contributed by atoms with Crippen molar-refractivity contribution in [2.24, 2.45) is 0 Å². The lowest BCUT2D eigenvalue weighted by Crippen LogP contribution is -2.25. The van der Waals surface area contributed by atoms with Gasteiger partial charge in [0.25, 0.3) is 0 Å². The number of para-hydroxylation sites is 2. The van der Waals surface area contributed by atoms with Gasteiger partial charge in [0.05, 0.1) is 11.0 Å². The first kappa shape index (κ1) is 8.18. The summed E-state index contributed by atoms with van der Waals surface area (Å²) in [5, 5.41) is 26.4. The number of aromatic nitrogens is 2. The van der Waals surface area contributed by atoms with E-state index in [2.05, 4.69) is 9.97 Å². The van der Waals surface area contributed by atoms with Crippen LogP contribution in [0.5, 0.6) is 0 Å². The average molecular weight is 180 g/mol. The Hall–Kier alpha value is -1.43. The van der Waals surface area contributed by atoms with Crippen molar-refractivity contribution >= 4 is 11.0 Å². The van der Waals surface area contributed by atoms with E-state index in [9.17, 15) is 0 Å². The van der Waals surface area contributed by atoms with Crippen LogP contribution in [0.4, 0.5) is 0 Å². The zero-order valence-corrected chi connectivity index (χ0v) is 6.60. The van der Waals surface area contributed by atoms with Crippen LogP contribution in [0.3, 0.4) is 0 Å². The standard InChI is InChI=1S/C8H8N2O3/c11-8(12,13)7-9-5-3-1-2-4-6(5)10-7/h1-4,11-13H,(H,9,10). The fourth-order valence-corrected chi connectivity index (χ4v) is 1.11. The molecular weight excluding hydrogens is 172 g/mol. The third-order valence-corrected chi connectivity index (χ3v) is 1.71. The minimum Gasteiger partial charge on any atom is -0.337 e. The Labute approximate surface area is 73.3 Å². The van der Waals surface area contributed by atoms with E-state index in [-0.39, 0.29) is 5.82 Å². The lowest BCUT2D eigenvalue weighted by atomic mass is 10.3. The van der Waals surface area contributed by atoms with E-state index < -0.39 is 5.97 Å². The van der Waals surface area contributed by atoms with Gasteiger partial charge in [0.2, 0.25) is 0 Å². The highest BCUT2D eigenvalue weighted by Gasteiger charge is 2.25. The van der Waals surface area contributed by atoms with Crippen molar-refractivity contribution in [3.05, 3.63) is 30.1 Å². The maximum atomic E-state index is 8.81. The van der Waals surface area contributed by atoms with Crippen LogP contribution in [-0.2, 0) is 5.97 Å². The monoisotopic (exact) mass is 180 g/mol. The van der Waals surface area contributed by atoms with Crippen LogP contribution < -0.4 is 0 Å². The smallest absolute Gasteiger partial charge is 0.337 e. The first-order valence-corrected chi connectivity index (χ1v) is 3.70. The molecule has 0 unspecified atom stereocenters. The predicted octanol–water partition coefficient (Wildman–Crippen LogP) is -0.350. The third kappa shape index (κ3) is 1.40. The molecule has 1 aromatic carbocycles. The number of aliphatic hydroxyl groups is 3. The highest BCUT2D eigenvalue weighted by Crippen LogP contribution is 2.16. The normalized spacial score (nSPS) is 12.2. The molecule has 0 saturated heterocycles. The molecule has 0 aliphatic rings. The zero-order valence-electron chi connectivity index (χ0n) is 6.60. The second-order valence-corrected chi connectivity index (χ2v) is 2.74. The van der Waals surface area contributed by atoms with Gasteiger partial charge in [0.15, 0.2) is 5.82 Å². The minimum absolute atomic E-state index is 0.284. The summed E-state index contributed by atoms with van der Waals surface area (Å²) in [6.45, 7) is 0. The zero-order chi connectivity index (χ0) is 9.47. The summed E-state index contributed by atoms with van der Waals surface area (Å²) in [5.41, 5.74) is 1.21. The fourth-order valence-electron chi connectivity index (χ4n) is 1.11. The summed E-state index contributed by atoms with van der Waals surface area (Å²) in [4.78, 5) is 6.35. The highest BCUT2D eigenvalue weighted by molar-refractivity contribution is 5.74. The van der Waals surface area contributed by atoms with Crippen molar-refractivity contribution in [1.29, 1.82) is 0 Å². The van der Waals surface area contributed by atoms with Crippen molar-refractivity contribution < 1.29 is 15.3 Å². The summed E-state index contributed by atoms with van der Waals surface area (Å²) >= 11 is 0. The van der Waals surface area contributed by atoms with Crippen molar-refractivity contribution in [3.8, 4) is 0 Å². The van der Waals surface area contributed by atoms with Crippen LogP contribution in [0.25, 0.3) is 11.0 Å². The van der Waals surface area contributed by atoms with Gasteiger partial charge in [-0.15, -0.1) is 0 Å². The molecule has 0 fully saturated rings. The molecule has 1 heterocycles. The van der Waals surface area contributed by atoms with E-state index >= 15 is 0 Å². The van der Waals surface area contributed by atoms with Gasteiger partial charge in [0, 0.05) is 0 Å². The number of H-pyrrole nitrogens is 1. The summed E-state index contributed by atoms with van der Waals surface area (Å²) in [6.07, 6.45) is 0. The molecule has 2 aromatic rings. The number of benzene rings is 1. The largest absolute Gasteiger partial charge is 0.338 e. The number of aromatic amines is 1. The lowest BCUT2D eigenvalue weighted by molar-refractivity contribution is -0.328. The molecule has 4 N–H and O–H groups in total. The third-order valence-electron chi connectivity index (χ3n) is 1.71. The molecule has 0 bridgehead atoms. The minimum atomic E-state index is -2.90. The molecule has 5 heteroatoms. The summed E-state index contributed by atoms with van der Waals surface area (Å²) < 4.78 is 0. The first-order chi connectivity index (χ1) is 6.07. The number of nitrogens with zero attached hydrogens (tertiary/aromatic N) is 1. The predicted molar refractivity (Wildman–Crippen MR) is 44.4 cm³/mol. The maximum Gasteiger partial charge on any atom is 0.338 e. The SMILES string of the molecule is OC(O)(O)c1nc2ccccc2[nH]1. The van der Waals surface area contributed by atoms with Crippen molar-refractivity contribution in [2.75, 3.05) is 0 Å². The van der Waals surface area contributed by atoms with Gasteiger partial charge >= 0.3 is 5.97 Å². The second kappa shape index (κ2) is 2.53. The van der Waals surface area contributed by atoms with Gasteiger partial charge in [0.1, 0.15) is 0 Å². The van der Waals surface area contributed by atoms with Gasteiger partial charge in [-0.3, -0.25) is 0 Å². The van der Waals surface area contributed by atoms with Crippen molar-refractivity contribution in [2.45, 2.75) is 5.97 Å². The average Bonchev–Trinajstić information content (AvgIpc) is 2.45. The number of nitrogens with one attached hydrogen (secondary N) is 1. The Kier molecular flexibility index (Phi) is 1.59. The van der Waals surface area contributed by atoms with Crippen LogP contribution in [0.1, 0.15) is 5.82 Å². The Morgan fingerprint density at radius 1 is 1.15 bits per heavy atom. The molecule has 5 nitrogen and oxygen atoms in total. The molecule has 0 amide bonds. The van der Waals surface area contributed by atoms with E-state index in [0.717, 1.165) is 0 Å². The number of fused-ring (bicyclic) bond motifs is 1. The first-order valence-electron chi connectivity index (χ1n) is 3.70. The molecule has 13 heavy (non-hydrogen) atoms. The van der Waals surface area contributed by atoms with Gasteiger partial charge in [-0.2, -0.15) is 0 Å². The summed E-state index contributed by atoms with van der Waals surface area (Å²) in [5.74, 6) is -3.19. The molecule has 68 valence electrons. The van der Waals surface area contributed by atoms with Crippen molar-refractivity contribution in [1.82, 2.24) is 9.97 Å². The molecule has 0 spiro atoms. The number of rotatable bonds is 1. The molecule has 0 aliphatic heterocycles. The molecule has 2 rings (SSSR count). The van der Waals surface area contributed by atoms with E-state index in [0.29, 0.717) is 11.0 Å². The molecular formula is C8H8N2O3. The van der Waals surface area contributed by atoms with Gasteiger partial charge in [-0.05, 0) is 12.1 Å². The summed E-state index contributed by atoms with van der Waals surface area (Å²) in [6, 6.07) is 6.96. The molecule has 0 atom stereocenters. The Morgan fingerprint density at radius 3 is 2.46 bits per heavy atom. The molecule has 0 radical (unpaired) electrons. The summed E-state index contributed by atoms with van der Waals surface area (Å²) in [7, 11) is 0. The van der Waals surface area contributed by atoms with Crippen LogP contribution in [0, 0.1) is 0 Å². The Bertz CT molecular complexity index is 397. The van der Waals surface area contributed by atoms with Gasteiger partial charge in [-0.25, -0.2) is 4.98 Å². The van der Waals surface area contributed by atoms with E-state index in [4.69, 9.17) is 15.3 Å². The number of hydrogen-bond acceptors (Lipinski definition) is 4. The molecule has 1 aromatic heterocycles. The van der Waals surface area contributed by atoms with Crippen LogP contribution in [0.2, 0.25) is 0 Å². The Morgan fingerprint density at radius 2 is 1.85 bits per heavy atom. The topological polar surface area (TPSA) is 89.4 Å². The van der Waals surface area contributed by atoms with Crippen LogP contribution in [0.15, 0.2) is 24.3 Å². The maximum absolute atomic E-state index is 8.81. The van der Waals surface area contributed by atoms with Crippen LogP contribution in [-0.4, -0.2) is 25.3 Å². The van der Waals surface area contributed by atoms with E-state index in [1.807, 2.05) is 0 Å². The van der Waals surface area contributed by atoms with Crippen molar-refractivity contribution in [3.63, 3.8) is 0 Å². The van der Waals surface area contributed by atoms with Gasteiger partial charge in [-0.1, -0.05) is 12.1 Å². The number of imidazole rings is 1. The van der Waals surface area contributed by atoms with E-state index in [1.165, 1.54) is 0 Å². The Balaban J connectivity index is 2.63. The van der Waals surface area contributed by atoms with E-state index in [1.54, 1.807) is 24.3 Å². The molecule has 0 saturated carbocycles. The number of hydrogen-bond donors (Lipinski definition) is 4.